The first-order valence-electron chi connectivity index (χ1n) is 11.0. The molecule has 3 aliphatic heterocycles. The summed E-state index contributed by atoms with van der Waals surface area (Å²) in [4.78, 5) is 12.8. The number of Topliss-reactive ketones (excluding diaryl/α,β-unsaturated/α-hetero) is 1. The first-order valence-corrected chi connectivity index (χ1v) is 12.1. The first-order chi connectivity index (χ1) is 15.7. The molecule has 0 saturated carbocycles. The zero-order valence-corrected chi connectivity index (χ0v) is 20.4. The highest BCUT2D eigenvalue weighted by molar-refractivity contribution is 9.09. The second kappa shape index (κ2) is 6.60. The number of phenolic OH excluding ortho intramolecular Hbond substituents is 1. The van der Waals surface area contributed by atoms with Crippen molar-refractivity contribution < 1.29 is 38.7 Å². The molecule has 0 spiro atoms. The maximum atomic E-state index is 12.8. The van der Waals surface area contributed by atoms with Crippen molar-refractivity contribution in [2.45, 2.75) is 62.5 Å². The Bertz CT molecular complexity index is 1240. The Balaban J connectivity index is 1.73. The normalized spacial score (nSPS) is 36.0. The van der Waals surface area contributed by atoms with Crippen molar-refractivity contribution in [3.63, 3.8) is 0 Å². The second-order valence-electron chi connectivity index (χ2n) is 9.36. The number of rotatable bonds is 3. The van der Waals surface area contributed by atoms with Gasteiger partial charge in [0.2, 0.25) is 5.79 Å². The number of alkyl halides is 1. The van der Waals surface area contributed by atoms with Crippen LogP contribution in [0.2, 0.25) is 0 Å². The Morgan fingerprint density at radius 2 is 2.03 bits per heavy atom. The molecule has 1 aliphatic carbocycles. The van der Waals surface area contributed by atoms with Gasteiger partial charge in [0, 0.05) is 35.4 Å². The average molecular weight is 521 g/mol. The van der Waals surface area contributed by atoms with Gasteiger partial charge in [-0.05, 0) is 38.3 Å². The maximum absolute atomic E-state index is 12.8. The Morgan fingerprint density at radius 3 is 2.70 bits per heavy atom. The summed E-state index contributed by atoms with van der Waals surface area (Å²) in [5, 5.41) is 24.2. The Hall–Kier alpha value is -1.91. The minimum absolute atomic E-state index is 0.0653. The number of fused-ring (bicyclic) bond motifs is 6. The number of hydrogen-bond acceptors (Lipinski definition) is 8. The number of benzene rings is 2. The molecule has 2 N–H and O–H groups in total. The lowest BCUT2D eigenvalue weighted by Gasteiger charge is -2.52. The summed E-state index contributed by atoms with van der Waals surface area (Å²) in [5.41, 5.74) is 0.844. The minimum Gasteiger partial charge on any atom is -0.506 e. The number of phenols is 1. The lowest BCUT2D eigenvalue weighted by Crippen LogP contribution is -2.73. The minimum atomic E-state index is -1.69. The van der Waals surface area contributed by atoms with Gasteiger partial charge in [0.15, 0.2) is 17.5 Å². The summed E-state index contributed by atoms with van der Waals surface area (Å²) in [6, 6.07) is 1.92. The number of aliphatic hydroxyl groups is 1. The van der Waals surface area contributed by atoms with E-state index in [1.165, 1.54) is 7.11 Å². The summed E-state index contributed by atoms with van der Waals surface area (Å²) >= 11 is 3.39. The molecule has 8 nitrogen and oxygen atoms in total. The summed E-state index contributed by atoms with van der Waals surface area (Å²) < 4.78 is 30.6. The monoisotopic (exact) mass is 520 g/mol. The standard InChI is InChI=1S/C24H25BrO8/c1-10-8-12-16(17(27)15-11(18(12)29-3)6-5-7-13(15)26)19-14(10)20-21-24(30-4,32-19)23(28,9-25)22(2,31-20)33-21/h8,20-21,27-28H,5-7,9H2,1-4H3/t20?,21?,22?,23-,24-/m1/s1. The van der Waals surface area contributed by atoms with Gasteiger partial charge in [0.25, 0.3) is 5.79 Å². The molecule has 6 rings (SSSR count). The zero-order valence-electron chi connectivity index (χ0n) is 18.8. The number of ether oxygens (including phenoxy) is 5. The van der Waals surface area contributed by atoms with E-state index in [0.717, 1.165) is 5.56 Å². The molecule has 0 radical (unpaired) electrons. The van der Waals surface area contributed by atoms with Gasteiger partial charge in [0.05, 0.1) is 18.1 Å². The third kappa shape index (κ3) is 2.23. The SMILES string of the molecule is COc1c2c(c(O)c3c4c(c(C)cc13)C1OC3(C)OC1[C@@](OC)(O4)[C@@]3(O)CBr)C(=O)CCC2. The van der Waals surface area contributed by atoms with E-state index in [1.54, 1.807) is 14.0 Å². The largest absolute Gasteiger partial charge is 0.506 e. The molecule has 5 atom stereocenters. The lowest BCUT2D eigenvalue weighted by atomic mass is 9.77. The van der Waals surface area contributed by atoms with Crippen LogP contribution in [0.3, 0.4) is 0 Å². The van der Waals surface area contributed by atoms with Crippen LogP contribution in [0.4, 0.5) is 0 Å². The van der Waals surface area contributed by atoms with E-state index in [2.05, 4.69) is 15.9 Å². The quantitative estimate of drug-likeness (QED) is 0.593. The predicted molar refractivity (Wildman–Crippen MR) is 120 cm³/mol. The highest BCUT2D eigenvalue weighted by Gasteiger charge is 2.83. The van der Waals surface area contributed by atoms with E-state index in [4.69, 9.17) is 23.7 Å². The number of methoxy groups -OCH3 is 2. The Labute approximate surface area is 198 Å². The molecule has 3 heterocycles. The van der Waals surface area contributed by atoms with Crippen LogP contribution in [-0.2, 0) is 20.6 Å². The van der Waals surface area contributed by atoms with Gasteiger partial charge in [-0.2, -0.15) is 0 Å². The molecule has 9 heteroatoms. The smallest absolute Gasteiger partial charge is 0.275 e. The number of aryl methyl sites for hydroxylation is 1. The molecule has 2 aromatic rings. The molecule has 4 aliphatic rings. The molecule has 176 valence electrons. The number of ketones is 1. The van der Waals surface area contributed by atoms with Gasteiger partial charge < -0.3 is 33.9 Å². The molecule has 2 aromatic carbocycles. The molecule has 2 fully saturated rings. The van der Waals surface area contributed by atoms with Crippen LogP contribution in [0.5, 0.6) is 17.2 Å². The second-order valence-corrected chi connectivity index (χ2v) is 9.92. The van der Waals surface area contributed by atoms with Crippen LogP contribution >= 0.6 is 15.9 Å². The van der Waals surface area contributed by atoms with Gasteiger partial charge in [-0.25, -0.2) is 0 Å². The van der Waals surface area contributed by atoms with Crippen molar-refractivity contribution >= 4 is 32.5 Å². The van der Waals surface area contributed by atoms with Crippen molar-refractivity contribution in [3.8, 4) is 17.2 Å². The fraction of sp³-hybridized carbons (Fsp3) is 0.542. The number of halogens is 1. The number of hydrogen-bond donors (Lipinski definition) is 2. The summed E-state index contributed by atoms with van der Waals surface area (Å²) in [6.45, 7) is 3.60. The van der Waals surface area contributed by atoms with Crippen LogP contribution in [0.25, 0.3) is 10.8 Å². The Kier molecular flexibility index (Phi) is 4.33. The average Bonchev–Trinajstić information content (AvgIpc) is 3.24. The highest BCUT2D eigenvalue weighted by atomic mass is 79.9. The number of aromatic hydroxyl groups is 1. The van der Waals surface area contributed by atoms with E-state index >= 15 is 0 Å². The summed E-state index contributed by atoms with van der Waals surface area (Å²) in [7, 11) is 3.01. The van der Waals surface area contributed by atoms with Gasteiger partial charge >= 0.3 is 0 Å². The van der Waals surface area contributed by atoms with Crippen molar-refractivity contribution in [1.29, 1.82) is 0 Å². The van der Waals surface area contributed by atoms with E-state index < -0.39 is 29.4 Å². The van der Waals surface area contributed by atoms with Crippen molar-refractivity contribution in [3.05, 3.63) is 28.3 Å². The summed E-state index contributed by atoms with van der Waals surface area (Å²) in [6.07, 6.45) is 0.360. The maximum Gasteiger partial charge on any atom is 0.275 e. The van der Waals surface area contributed by atoms with Crippen LogP contribution in [-0.4, -0.2) is 58.8 Å². The third-order valence-electron chi connectivity index (χ3n) is 7.85. The molecule has 33 heavy (non-hydrogen) atoms. The van der Waals surface area contributed by atoms with Gasteiger partial charge in [-0.15, -0.1) is 0 Å². The van der Waals surface area contributed by atoms with Gasteiger partial charge in [-0.3, -0.25) is 4.79 Å². The van der Waals surface area contributed by atoms with Crippen LogP contribution in [0.15, 0.2) is 6.07 Å². The van der Waals surface area contributed by atoms with Crippen LogP contribution in [0, 0.1) is 6.92 Å². The van der Waals surface area contributed by atoms with Gasteiger partial charge in [-0.1, -0.05) is 15.9 Å². The van der Waals surface area contributed by atoms with E-state index in [1.807, 2.05) is 13.0 Å². The highest BCUT2D eigenvalue weighted by Crippen LogP contribution is 2.66. The fourth-order valence-corrected chi connectivity index (χ4v) is 7.15. The van der Waals surface area contributed by atoms with Crippen molar-refractivity contribution in [1.82, 2.24) is 0 Å². The fourth-order valence-electron chi connectivity index (χ4n) is 6.25. The Morgan fingerprint density at radius 1 is 1.27 bits per heavy atom. The van der Waals surface area contributed by atoms with E-state index in [0.29, 0.717) is 52.7 Å². The first kappa shape index (κ1) is 21.6. The zero-order chi connectivity index (χ0) is 23.5. The van der Waals surface area contributed by atoms with Crippen LogP contribution in [0.1, 0.15) is 52.9 Å². The third-order valence-corrected chi connectivity index (χ3v) is 8.66. The number of carbonyl (C=O) groups is 1. The molecule has 2 bridgehead atoms. The molecule has 0 amide bonds. The summed E-state index contributed by atoms with van der Waals surface area (Å²) in [5.74, 6) is -2.39. The molecule has 0 aromatic heterocycles. The molecular weight excluding hydrogens is 496 g/mol. The predicted octanol–water partition coefficient (Wildman–Crippen LogP) is 3.43. The van der Waals surface area contributed by atoms with Crippen LogP contribution < -0.4 is 9.47 Å². The molecular formula is C24H25BrO8. The topological polar surface area (TPSA) is 104 Å². The van der Waals surface area contributed by atoms with Gasteiger partial charge in [0.1, 0.15) is 23.4 Å². The van der Waals surface area contributed by atoms with Crippen molar-refractivity contribution in [2.75, 3.05) is 19.5 Å². The lowest BCUT2D eigenvalue weighted by molar-refractivity contribution is -0.340. The van der Waals surface area contributed by atoms with E-state index in [9.17, 15) is 15.0 Å². The molecule has 3 unspecified atom stereocenters. The van der Waals surface area contributed by atoms with E-state index in [-0.39, 0.29) is 22.4 Å². The number of carbonyl (C=O) groups excluding carboxylic acids is 1. The van der Waals surface area contributed by atoms with Crippen molar-refractivity contribution in [2.24, 2.45) is 0 Å². The molecule has 2 saturated heterocycles.